The smallest absolute Gasteiger partial charge is 0.200 e. The lowest BCUT2D eigenvalue weighted by Gasteiger charge is -2.07. The van der Waals surface area contributed by atoms with E-state index < -0.39 is 17.2 Å². The van der Waals surface area contributed by atoms with Crippen LogP contribution < -0.4 is 16.8 Å². The average Bonchev–Trinajstić information content (AvgIpc) is 2.12. The summed E-state index contributed by atoms with van der Waals surface area (Å²) in [7, 11) is 0. The number of phenols is 3. The first-order valence-electron chi connectivity index (χ1n) is 4.05. The predicted octanol–water partition coefficient (Wildman–Crippen LogP) is -0.226. The van der Waals surface area contributed by atoms with E-state index in [1.54, 1.807) is 0 Å². The molecule has 0 atom stereocenters. The maximum absolute atomic E-state index is 9.20. The Kier molecular flexibility index (Phi) is 3.36. The van der Waals surface area contributed by atoms with Gasteiger partial charge in [-0.25, -0.2) is 0 Å². The highest BCUT2D eigenvalue weighted by Gasteiger charge is 2.08. The second-order valence-electron chi connectivity index (χ2n) is 2.83. The van der Waals surface area contributed by atoms with Gasteiger partial charge in [0.2, 0.25) is 5.11 Å². The van der Waals surface area contributed by atoms with Crippen LogP contribution in [-0.2, 0) is 0 Å². The van der Waals surface area contributed by atoms with Gasteiger partial charge in [0.15, 0.2) is 23.2 Å². The molecule has 0 aromatic heterocycles. The van der Waals surface area contributed by atoms with Crippen molar-refractivity contribution < 1.29 is 15.3 Å². The Morgan fingerprint density at radius 3 is 2.12 bits per heavy atom. The van der Waals surface area contributed by atoms with Gasteiger partial charge in [0, 0.05) is 17.8 Å². The fourth-order valence-electron chi connectivity index (χ4n) is 0.945. The van der Waals surface area contributed by atoms with E-state index in [-0.39, 0.29) is 16.8 Å². The number of phenolic OH excluding ortho intramolecular Hbond substituents is 3. The van der Waals surface area contributed by atoms with Gasteiger partial charge >= 0.3 is 0 Å². The van der Waals surface area contributed by atoms with Crippen molar-refractivity contribution in [3.63, 3.8) is 0 Å². The average molecular weight is 242 g/mol. The van der Waals surface area contributed by atoms with Crippen LogP contribution in [0, 0.1) is 0 Å². The third kappa shape index (κ3) is 2.89. The molecule has 0 fully saturated rings. The van der Waals surface area contributed by atoms with Crippen LogP contribution in [0.1, 0.15) is 0 Å². The Balaban J connectivity index is 2.91. The first-order chi connectivity index (χ1) is 7.40. The lowest BCUT2D eigenvalue weighted by atomic mass is 10.2. The molecule has 1 aromatic rings. The first-order valence-corrected chi connectivity index (χ1v) is 4.46. The van der Waals surface area contributed by atoms with Crippen LogP contribution in [0.4, 0.5) is 5.69 Å². The second-order valence-corrected chi connectivity index (χ2v) is 3.22. The minimum absolute atomic E-state index is 0.0375. The van der Waals surface area contributed by atoms with Crippen LogP contribution in [0.25, 0.3) is 0 Å². The van der Waals surface area contributed by atoms with E-state index in [9.17, 15) is 10.2 Å². The largest absolute Gasteiger partial charge is 0.504 e. The highest BCUT2D eigenvalue weighted by Crippen LogP contribution is 2.37. The standard InChI is InChI=1S/C8H10N4O3S/c9-7(10)12-8(16)11-3-1-4(13)6(15)5(14)2-3/h1-2,13-15H,(H5,9,10,11,12,16). The SMILES string of the molecule is NC(N)=NC(=S)Nc1cc(O)c(O)c(O)c1. The molecule has 0 aliphatic rings. The zero-order valence-electron chi connectivity index (χ0n) is 8.01. The predicted molar refractivity (Wildman–Crippen MR) is 63.5 cm³/mol. The fraction of sp³-hybridized carbons (Fsp3) is 0. The van der Waals surface area contributed by atoms with Crippen LogP contribution in [0.2, 0.25) is 0 Å². The zero-order chi connectivity index (χ0) is 12.3. The summed E-state index contributed by atoms with van der Waals surface area (Å²) in [6, 6.07) is 2.31. The molecule has 16 heavy (non-hydrogen) atoms. The number of anilines is 1. The number of rotatable bonds is 1. The molecule has 0 amide bonds. The summed E-state index contributed by atoms with van der Waals surface area (Å²) in [6.45, 7) is 0. The van der Waals surface area contributed by atoms with Gasteiger partial charge in [-0.05, 0) is 12.2 Å². The molecular weight excluding hydrogens is 232 g/mol. The number of nitrogens with zero attached hydrogens (tertiary/aromatic N) is 1. The van der Waals surface area contributed by atoms with E-state index in [1.807, 2.05) is 0 Å². The van der Waals surface area contributed by atoms with Gasteiger partial charge in [-0.1, -0.05) is 0 Å². The minimum Gasteiger partial charge on any atom is -0.504 e. The van der Waals surface area contributed by atoms with Crippen LogP contribution in [0.3, 0.4) is 0 Å². The van der Waals surface area contributed by atoms with Crippen molar-refractivity contribution in [2.24, 2.45) is 16.5 Å². The normalized spacial score (nSPS) is 9.50. The Labute approximate surface area is 96.0 Å². The molecule has 0 unspecified atom stereocenters. The number of aromatic hydroxyl groups is 3. The first kappa shape index (κ1) is 11.9. The topological polar surface area (TPSA) is 137 Å². The van der Waals surface area contributed by atoms with Crippen LogP contribution >= 0.6 is 12.2 Å². The molecule has 1 aromatic carbocycles. The Bertz CT molecular complexity index is 434. The molecule has 0 aliphatic carbocycles. The summed E-state index contributed by atoms with van der Waals surface area (Å²) in [4.78, 5) is 3.52. The summed E-state index contributed by atoms with van der Waals surface area (Å²) >= 11 is 4.75. The molecule has 0 saturated carbocycles. The summed E-state index contributed by atoms with van der Waals surface area (Å²) in [5.74, 6) is -1.81. The Hall–Kier alpha value is -2.22. The second kappa shape index (κ2) is 4.53. The van der Waals surface area contributed by atoms with Crippen LogP contribution in [-0.4, -0.2) is 26.4 Å². The van der Waals surface area contributed by atoms with Crippen molar-refractivity contribution in [1.82, 2.24) is 0 Å². The van der Waals surface area contributed by atoms with Crippen molar-refractivity contribution in [3.8, 4) is 17.2 Å². The van der Waals surface area contributed by atoms with Crippen molar-refractivity contribution in [1.29, 1.82) is 0 Å². The molecule has 8 N–H and O–H groups in total. The van der Waals surface area contributed by atoms with E-state index in [2.05, 4.69) is 10.3 Å². The van der Waals surface area contributed by atoms with E-state index in [1.165, 1.54) is 0 Å². The van der Waals surface area contributed by atoms with Crippen molar-refractivity contribution in [3.05, 3.63) is 12.1 Å². The number of hydrogen-bond donors (Lipinski definition) is 6. The Morgan fingerprint density at radius 1 is 1.19 bits per heavy atom. The van der Waals surface area contributed by atoms with Gasteiger partial charge in [-0.2, -0.15) is 4.99 Å². The van der Waals surface area contributed by atoms with Crippen LogP contribution in [0.5, 0.6) is 17.2 Å². The highest BCUT2D eigenvalue weighted by atomic mass is 32.1. The third-order valence-electron chi connectivity index (χ3n) is 1.55. The molecule has 7 nitrogen and oxygen atoms in total. The van der Waals surface area contributed by atoms with Gasteiger partial charge in [-0.3, -0.25) is 0 Å². The number of nitrogens with two attached hydrogens (primary N) is 2. The monoisotopic (exact) mass is 242 g/mol. The van der Waals surface area contributed by atoms with Crippen molar-refractivity contribution in [2.45, 2.75) is 0 Å². The maximum Gasteiger partial charge on any atom is 0.200 e. The summed E-state index contributed by atoms with van der Waals surface area (Å²) < 4.78 is 0. The molecule has 1 rings (SSSR count). The molecular formula is C8H10N4O3S. The molecule has 0 aliphatic heterocycles. The number of aliphatic imine (C=N–C) groups is 1. The van der Waals surface area contributed by atoms with E-state index >= 15 is 0 Å². The minimum atomic E-state index is -0.613. The zero-order valence-corrected chi connectivity index (χ0v) is 8.82. The summed E-state index contributed by atoms with van der Waals surface area (Å²) in [6.07, 6.45) is 0. The Morgan fingerprint density at radius 2 is 1.69 bits per heavy atom. The molecule has 0 spiro atoms. The van der Waals surface area contributed by atoms with E-state index in [0.717, 1.165) is 12.1 Å². The molecule has 0 radical (unpaired) electrons. The quantitative estimate of drug-likeness (QED) is 0.131. The lowest BCUT2D eigenvalue weighted by Crippen LogP contribution is -2.25. The number of thiocarbonyl (C=S) groups is 1. The number of hydrogen-bond acceptors (Lipinski definition) is 4. The summed E-state index contributed by atoms with van der Waals surface area (Å²) in [5, 5.41) is 30.0. The number of benzene rings is 1. The third-order valence-corrected chi connectivity index (χ3v) is 1.74. The molecule has 0 saturated heterocycles. The van der Waals surface area contributed by atoms with Crippen molar-refractivity contribution in [2.75, 3.05) is 5.32 Å². The van der Waals surface area contributed by atoms with E-state index in [4.69, 9.17) is 28.8 Å². The maximum atomic E-state index is 9.20. The molecule has 0 heterocycles. The molecule has 8 heteroatoms. The highest BCUT2D eigenvalue weighted by molar-refractivity contribution is 7.80. The van der Waals surface area contributed by atoms with Crippen molar-refractivity contribution >= 4 is 29.0 Å². The lowest BCUT2D eigenvalue weighted by molar-refractivity contribution is 0.368. The van der Waals surface area contributed by atoms with Crippen LogP contribution in [0.15, 0.2) is 17.1 Å². The van der Waals surface area contributed by atoms with Gasteiger partial charge in [0.25, 0.3) is 0 Å². The molecule has 86 valence electrons. The van der Waals surface area contributed by atoms with E-state index in [0.29, 0.717) is 0 Å². The fourth-order valence-corrected chi connectivity index (χ4v) is 1.17. The van der Waals surface area contributed by atoms with Gasteiger partial charge in [0.1, 0.15) is 0 Å². The van der Waals surface area contributed by atoms with Gasteiger partial charge < -0.3 is 32.1 Å². The molecule has 0 bridgehead atoms. The number of guanidine groups is 1. The van der Waals surface area contributed by atoms with Gasteiger partial charge in [0.05, 0.1) is 0 Å². The summed E-state index contributed by atoms with van der Waals surface area (Å²) in [5.41, 5.74) is 10.4. The van der Waals surface area contributed by atoms with Gasteiger partial charge in [-0.15, -0.1) is 0 Å². The number of nitrogens with one attached hydrogen (secondary N) is 1.